The van der Waals surface area contributed by atoms with Crippen LogP contribution in [0.2, 0.25) is 0 Å². The van der Waals surface area contributed by atoms with E-state index in [4.69, 9.17) is 0 Å². The molecule has 0 bridgehead atoms. The summed E-state index contributed by atoms with van der Waals surface area (Å²) in [5.41, 5.74) is 0. The van der Waals surface area contributed by atoms with Crippen LogP contribution in [-0.2, 0) is 4.79 Å². The van der Waals surface area contributed by atoms with Crippen LogP contribution in [-0.4, -0.2) is 18.9 Å². The number of hydrogen-bond acceptors (Lipinski definition) is 2. The molecule has 0 aromatic rings. The van der Waals surface area contributed by atoms with Crippen molar-refractivity contribution in [3.05, 3.63) is 24.8 Å². The Balaban J connectivity index is 2.12. The second-order valence-corrected chi connectivity index (χ2v) is 3.82. The van der Waals surface area contributed by atoms with Gasteiger partial charge in [0.1, 0.15) is 6.29 Å². The highest BCUT2D eigenvalue weighted by Gasteiger charge is 2.17. The number of rotatable bonds is 5. The molecule has 0 heterocycles. The van der Waals surface area contributed by atoms with Gasteiger partial charge in [-0.05, 0) is 37.7 Å². The van der Waals surface area contributed by atoms with Crippen LogP contribution in [0.25, 0.3) is 0 Å². The molecule has 0 aromatic heterocycles. The zero-order valence-corrected chi connectivity index (χ0v) is 8.61. The standard InChI is InChI=1S/C12H19NO/c1-2-11-5-7-12(8-6-11)13-9-3-4-10-14/h2-4,10-13H,1,5-9H2/b4-3+. The van der Waals surface area contributed by atoms with Crippen molar-refractivity contribution in [1.29, 1.82) is 0 Å². The van der Waals surface area contributed by atoms with E-state index < -0.39 is 0 Å². The molecule has 0 unspecified atom stereocenters. The van der Waals surface area contributed by atoms with Crippen LogP contribution in [0, 0.1) is 5.92 Å². The summed E-state index contributed by atoms with van der Waals surface area (Å²) in [5, 5.41) is 3.42. The summed E-state index contributed by atoms with van der Waals surface area (Å²) in [6, 6.07) is 0.627. The zero-order chi connectivity index (χ0) is 10.2. The van der Waals surface area contributed by atoms with Gasteiger partial charge in [0.2, 0.25) is 0 Å². The number of carbonyl (C=O) groups is 1. The molecule has 1 N–H and O–H groups in total. The van der Waals surface area contributed by atoms with E-state index in [1.165, 1.54) is 25.7 Å². The Bertz CT molecular complexity index is 202. The summed E-state index contributed by atoms with van der Waals surface area (Å²) in [6.07, 6.45) is 11.3. The summed E-state index contributed by atoms with van der Waals surface area (Å²) < 4.78 is 0. The highest BCUT2D eigenvalue weighted by atomic mass is 16.1. The third-order valence-corrected chi connectivity index (χ3v) is 2.84. The molecule has 1 saturated carbocycles. The largest absolute Gasteiger partial charge is 0.311 e. The first-order valence-electron chi connectivity index (χ1n) is 5.33. The first kappa shape index (κ1) is 11.2. The van der Waals surface area contributed by atoms with E-state index in [-0.39, 0.29) is 0 Å². The van der Waals surface area contributed by atoms with E-state index in [1.54, 1.807) is 6.08 Å². The smallest absolute Gasteiger partial charge is 0.142 e. The second kappa shape index (κ2) is 6.55. The van der Waals surface area contributed by atoms with Crippen molar-refractivity contribution in [3.63, 3.8) is 0 Å². The minimum atomic E-state index is 0.627. The maximum absolute atomic E-state index is 10.0. The molecule has 2 nitrogen and oxygen atoms in total. The van der Waals surface area contributed by atoms with Gasteiger partial charge in [0.05, 0.1) is 0 Å². The molecular weight excluding hydrogens is 174 g/mol. The summed E-state index contributed by atoms with van der Waals surface area (Å²) in [7, 11) is 0. The van der Waals surface area contributed by atoms with Gasteiger partial charge >= 0.3 is 0 Å². The number of aldehydes is 1. The Morgan fingerprint density at radius 3 is 2.57 bits per heavy atom. The second-order valence-electron chi connectivity index (χ2n) is 3.82. The molecular formula is C12H19NO. The summed E-state index contributed by atoms with van der Waals surface area (Å²) in [6.45, 7) is 4.63. The molecule has 1 fully saturated rings. The SMILES string of the molecule is C=CC1CCC(NC/C=C/C=O)CC1. The van der Waals surface area contributed by atoms with E-state index >= 15 is 0 Å². The Labute approximate surface area is 86.1 Å². The molecule has 2 heteroatoms. The van der Waals surface area contributed by atoms with E-state index in [1.807, 2.05) is 6.08 Å². The summed E-state index contributed by atoms with van der Waals surface area (Å²) in [4.78, 5) is 10.0. The fraction of sp³-hybridized carbons (Fsp3) is 0.583. The Morgan fingerprint density at radius 2 is 2.00 bits per heavy atom. The lowest BCUT2D eigenvalue weighted by molar-refractivity contribution is -0.104. The lowest BCUT2D eigenvalue weighted by Gasteiger charge is -2.26. The van der Waals surface area contributed by atoms with Crippen LogP contribution in [0.15, 0.2) is 24.8 Å². The molecule has 0 spiro atoms. The van der Waals surface area contributed by atoms with Gasteiger partial charge in [0.15, 0.2) is 0 Å². The van der Waals surface area contributed by atoms with Crippen molar-refractivity contribution >= 4 is 6.29 Å². The molecule has 0 aliphatic heterocycles. The molecule has 0 amide bonds. The fourth-order valence-electron chi connectivity index (χ4n) is 1.92. The van der Waals surface area contributed by atoms with Crippen molar-refractivity contribution < 1.29 is 4.79 Å². The van der Waals surface area contributed by atoms with Crippen LogP contribution in [0.3, 0.4) is 0 Å². The highest BCUT2D eigenvalue weighted by molar-refractivity contribution is 5.64. The lowest BCUT2D eigenvalue weighted by atomic mass is 9.86. The summed E-state index contributed by atoms with van der Waals surface area (Å²) >= 11 is 0. The van der Waals surface area contributed by atoms with E-state index in [0.29, 0.717) is 6.04 Å². The number of nitrogens with one attached hydrogen (secondary N) is 1. The average Bonchev–Trinajstić information content (AvgIpc) is 2.25. The fourth-order valence-corrected chi connectivity index (χ4v) is 1.92. The van der Waals surface area contributed by atoms with Crippen molar-refractivity contribution in [2.45, 2.75) is 31.7 Å². The normalized spacial score (nSPS) is 27.7. The molecule has 0 saturated heterocycles. The van der Waals surface area contributed by atoms with Gasteiger partial charge in [-0.25, -0.2) is 0 Å². The van der Waals surface area contributed by atoms with E-state index in [9.17, 15) is 4.79 Å². The monoisotopic (exact) mass is 193 g/mol. The third-order valence-electron chi connectivity index (χ3n) is 2.84. The minimum absolute atomic E-state index is 0.627. The van der Waals surface area contributed by atoms with Gasteiger partial charge in [0.25, 0.3) is 0 Å². The first-order valence-corrected chi connectivity index (χ1v) is 5.33. The molecule has 0 aromatic carbocycles. The van der Waals surface area contributed by atoms with Crippen LogP contribution < -0.4 is 5.32 Å². The van der Waals surface area contributed by atoms with Gasteiger partial charge in [-0.15, -0.1) is 6.58 Å². The van der Waals surface area contributed by atoms with Gasteiger partial charge in [-0.3, -0.25) is 4.79 Å². The number of allylic oxidation sites excluding steroid dienone is 2. The van der Waals surface area contributed by atoms with Gasteiger partial charge < -0.3 is 5.32 Å². The predicted molar refractivity (Wildman–Crippen MR) is 59.1 cm³/mol. The minimum Gasteiger partial charge on any atom is -0.311 e. The Morgan fingerprint density at radius 1 is 1.29 bits per heavy atom. The van der Waals surface area contributed by atoms with E-state index in [2.05, 4.69) is 18.0 Å². The first-order chi connectivity index (χ1) is 6.86. The quantitative estimate of drug-likeness (QED) is 0.411. The van der Waals surface area contributed by atoms with Crippen LogP contribution in [0.5, 0.6) is 0 Å². The predicted octanol–water partition coefficient (Wildman–Crippen LogP) is 2.08. The molecule has 1 aliphatic rings. The zero-order valence-electron chi connectivity index (χ0n) is 8.61. The lowest BCUT2D eigenvalue weighted by Crippen LogP contribution is -2.32. The maximum Gasteiger partial charge on any atom is 0.142 e. The molecule has 0 atom stereocenters. The molecule has 1 rings (SSSR count). The van der Waals surface area contributed by atoms with E-state index in [0.717, 1.165) is 18.7 Å². The molecule has 78 valence electrons. The van der Waals surface area contributed by atoms with Crippen LogP contribution in [0.1, 0.15) is 25.7 Å². The average molecular weight is 193 g/mol. The molecule has 14 heavy (non-hydrogen) atoms. The van der Waals surface area contributed by atoms with Crippen LogP contribution in [0.4, 0.5) is 0 Å². The molecule has 0 radical (unpaired) electrons. The van der Waals surface area contributed by atoms with Gasteiger partial charge in [-0.1, -0.05) is 12.2 Å². The highest BCUT2D eigenvalue weighted by Crippen LogP contribution is 2.24. The number of carbonyl (C=O) groups excluding carboxylic acids is 1. The van der Waals surface area contributed by atoms with Crippen molar-refractivity contribution in [3.8, 4) is 0 Å². The van der Waals surface area contributed by atoms with Crippen molar-refractivity contribution in [2.24, 2.45) is 5.92 Å². The Kier molecular flexibility index (Phi) is 5.23. The molecule has 1 aliphatic carbocycles. The third kappa shape index (κ3) is 3.88. The maximum atomic E-state index is 10.0. The van der Waals surface area contributed by atoms with Crippen molar-refractivity contribution in [1.82, 2.24) is 5.32 Å². The number of hydrogen-bond donors (Lipinski definition) is 1. The topological polar surface area (TPSA) is 29.1 Å². The van der Waals surface area contributed by atoms with Crippen LogP contribution >= 0.6 is 0 Å². The van der Waals surface area contributed by atoms with Crippen molar-refractivity contribution in [2.75, 3.05) is 6.54 Å². The van der Waals surface area contributed by atoms with Gasteiger partial charge in [0, 0.05) is 12.6 Å². The summed E-state index contributed by atoms with van der Waals surface area (Å²) in [5.74, 6) is 0.721. The Hall–Kier alpha value is -0.890. The van der Waals surface area contributed by atoms with Gasteiger partial charge in [-0.2, -0.15) is 0 Å².